The molecular weight excluding hydrogens is 290 g/mol. The molecule has 0 spiro atoms. The monoisotopic (exact) mass is 301 g/mol. The number of allylic oxidation sites excluding steroid dienone is 1. The van der Waals surface area contributed by atoms with E-state index in [1.54, 1.807) is 24.3 Å². The summed E-state index contributed by atoms with van der Waals surface area (Å²) in [6.45, 7) is 0. The molecule has 90 valence electrons. The van der Waals surface area contributed by atoms with Gasteiger partial charge in [0.05, 0.1) is 0 Å². The molecule has 2 N–H and O–H groups in total. The zero-order valence-corrected chi connectivity index (χ0v) is 11.2. The molecule has 0 heterocycles. The van der Waals surface area contributed by atoms with E-state index in [0.717, 1.165) is 10.0 Å². The van der Waals surface area contributed by atoms with Gasteiger partial charge in [-0.25, -0.2) is 0 Å². The molecule has 2 aromatic rings. The van der Waals surface area contributed by atoms with Crippen LogP contribution in [0.25, 0.3) is 6.08 Å². The third kappa shape index (κ3) is 3.31. The number of ketones is 1. The summed E-state index contributed by atoms with van der Waals surface area (Å²) >= 11 is 3.34. The number of benzene rings is 2. The molecule has 0 bridgehead atoms. The summed E-state index contributed by atoms with van der Waals surface area (Å²) in [4.78, 5) is 11.9. The average molecular weight is 302 g/mol. The molecule has 0 unspecified atom stereocenters. The minimum atomic E-state index is -0.0145. The Kier molecular flexibility index (Phi) is 3.95. The van der Waals surface area contributed by atoms with E-state index in [1.807, 2.05) is 36.4 Å². The minimum absolute atomic E-state index is 0.0145. The summed E-state index contributed by atoms with van der Waals surface area (Å²) in [5, 5.41) is 0. The van der Waals surface area contributed by atoms with Gasteiger partial charge in [0.2, 0.25) is 0 Å². The SMILES string of the molecule is Nc1ccc(C=CC(=O)c2ccc(Br)cc2)cc1. The predicted octanol–water partition coefficient (Wildman–Crippen LogP) is 3.93. The van der Waals surface area contributed by atoms with E-state index in [9.17, 15) is 4.79 Å². The highest BCUT2D eigenvalue weighted by Crippen LogP contribution is 2.12. The van der Waals surface area contributed by atoms with Crippen LogP contribution in [0.2, 0.25) is 0 Å². The van der Waals surface area contributed by atoms with Gasteiger partial charge in [0.1, 0.15) is 0 Å². The lowest BCUT2D eigenvalue weighted by molar-refractivity contribution is 0.104. The van der Waals surface area contributed by atoms with Crippen molar-refractivity contribution >= 4 is 33.5 Å². The van der Waals surface area contributed by atoms with Gasteiger partial charge < -0.3 is 5.73 Å². The van der Waals surface area contributed by atoms with Gasteiger partial charge in [0, 0.05) is 15.7 Å². The van der Waals surface area contributed by atoms with Gasteiger partial charge >= 0.3 is 0 Å². The number of hydrogen-bond donors (Lipinski definition) is 1. The van der Waals surface area contributed by atoms with Crippen molar-refractivity contribution in [1.29, 1.82) is 0 Å². The number of halogens is 1. The van der Waals surface area contributed by atoms with Crippen LogP contribution < -0.4 is 5.73 Å². The summed E-state index contributed by atoms with van der Waals surface area (Å²) < 4.78 is 0.960. The Morgan fingerprint density at radius 2 is 1.61 bits per heavy atom. The van der Waals surface area contributed by atoms with Crippen molar-refractivity contribution in [3.05, 3.63) is 70.2 Å². The van der Waals surface area contributed by atoms with Crippen molar-refractivity contribution in [3.8, 4) is 0 Å². The van der Waals surface area contributed by atoms with Crippen molar-refractivity contribution in [2.75, 3.05) is 5.73 Å². The Labute approximate surface area is 114 Å². The van der Waals surface area contributed by atoms with E-state index >= 15 is 0 Å². The predicted molar refractivity (Wildman–Crippen MR) is 78.4 cm³/mol. The molecule has 0 radical (unpaired) electrons. The van der Waals surface area contributed by atoms with Crippen LogP contribution in [-0.4, -0.2) is 5.78 Å². The third-order valence-corrected chi connectivity index (χ3v) is 3.02. The molecule has 2 nitrogen and oxygen atoms in total. The second-order valence-corrected chi connectivity index (χ2v) is 4.79. The molecule has 2 rings (SSSR count). The molecule has 18 heavy (non-hydrogen) atoms. The van der Waals surface area contributed by atoms with Crippen molar-refractivity contribution < 1.29 is 4.79 Å². The molecule has 0 fully saturated rings. The van der Waals surface area contributed by atoms with Gasteiger partial charge in [-0.3, -0.25) is 4.79 Å². The van der Waals surface area contributed by atoms with Crippen LogP contribution >= 0.6 is 15.9 Å². The van der Waals surface area contributed by atoms with Crippen molar-refractivity contribution in [3.63, 3.8) is 0 Å². The Balaban J connectivity index is 2.11. The molecule has 0 amide bonds. The Morgan fingerprint density at radius 3 is 2.22 bits per heavy atom. The molecule has 0 aliphatic heterocycles. The molecule has 0 aliphatic carbocycles. The van der Waals surface area contributed by atoms with E-state index in [-0.39, 0.29) is 5.78 Å². The topological polar surface area (TPSA) is 43.1 Å². The maximum Gasteiger partial charge on any atom is 0.185 e. The van der Waals surface area contributed by atoms with Crippen LogP contribution in [0.1, 0.15) is 15.9 Å². The van der Waals surface area contributed by atoms with Crippen molar-refractivity contribution in [1.82, 2.24) is 0 Å². The minimum Gasteiger partial charge on any atom is -0.399 e. The number of nitrogen functional groups attached to an aromatic ring is 1. The quantitative estimate of drug-likeness (QED) is 0.530. The van der Waals surface area contributed by atoms with Gasteiger partial charge in [-0.2, -0.15) is 0 Å². The van der Waals surface area contributed by atoms with E-state index in [1.165, 1.54) is 0 Å². The van der Waals surface area contributed by atoms with Crippen LogP contribution in [0.3, 0.4) is 0 Å². The number of rotatable bonds is 3. The van der Waals surface area contributed by atoms with Gasteiger partial charge in [0.15, 0.2) is 5.78 Å². The first kappa shape index (κ1) is 12.6. The molecule has 0 saturated heterocycles. The average Bonchev–Trinajstić information content (AvgIpc) is 2.38. The van der Waals surface area contributed by atoms with Crippen LogP contribution in [-0.2, 0) is 0 Å². The van der Waals surface area contributed by atoms with E-state index in [0.29, 0.717) is 11.3 Å². The molecule has 0 atom stereocenters. The molecular formula is C15H12BrNO. The van der Waals surface area contributed by atoms with Gasteiger partial charge in [-0.1, -0.05) is 34.1 Å². The van der Waals surface area contributed by atoms with Gasteiger partial charge in [-0.05, 0) is 48.0 Å². The van der Waals surface area contributed by atoms with E-state index in [2.05, 4.69) is 15.9 Å². The lowest BCUT2D eigenvalue weighted by Crippen LogP contribution is -1.93. The number of anilines is 1. The highest BCUT2D eigenvalue weighted by atomic mass is 79.9. The zero-order valence-electron chi connectivity index (χ0n) is 9.64. The summed E-state index contributed by atoms with van der Waals surface area (Å²) in [6.07, 6.45) is 3.35. The molecule has 0 saturated carbocycles. The first-order valence-corrected chi connectivity index (χ1v) is 6.28. The van der Waals surface area contributed by atoms with Crippen LogP contribution in [0.4, 0.5) is 5.69 Å². The largest absolute Gasteiger partial charge is 0.399 e. The fraction of sp³-hybridized carbons (Fsp3) is 0. The van der Waals surface area contributed by atoms with Crippen LogP contribution in [0, 0.1) is 0 Å². The summed E-state index contributed by atoms with van der Waals surface area (Å²) in [6, 6.07) is 14.7. The summed E-state index contributed by atoms with van der Waals surface area (Å²) in [5.74, 6) is -0.0145. The van der Waals surface area contributed by atoms with Gasteiger partial charge in [0.25, 0.3) is 0 Å². The second kappa shape index (κ2) is 5.65. The molecule has 2 aromatic carbocycles. The second-order valence-electron chi connectivity index (χ2n) is 3.87. The van der Waals surface area contributed by atoms with E-state index < -0.39 is 0 Å². The Hall–Kier alpha value is -1.87. The summed E-state index contributed by atoms with van der Waals surface area (Å²) in [5.41, 5.74) is 7.93. The zero-order chi connectivity index (χ0) is 13.0. The third-order valence-electron chi connectivity index (χ3n) is 2.49. The normalized spacial score (nSPS) is 10.7. The van der Waals surface area contributed by atoms with Crippen molar-refractivity contribution in [2.45, 2.75) is 0 Å². The van der Waals surface area contributed by atoms with Crippen LogP contribution in [0.15, 0.2) is 59.1 Å². The van der Waals surface area contributed by atoms with Crippen molar-refractivity contribution in [2.24, 2.45) is 0 Å². The Bertz CT molecular complexity index is 570. The molecule has 0 aliphatic rings. The first-order chi connectivity index (χ1) is 8.65. The standard InChI is InChI=1S/C15H12BrNO/c16-13-6-4-12(5-7-13)15(18)10-3-11-1-8-14(17)9-2-11/h1-10H,17H2. The van der Waals surface area contributed by atoms with Gasteiger partial charge in [-0.15, -0.1) is 0 Å². The highest BCUT2D eigenvalue weighted by molar-refractivity contribution is 9.10. The Morgan fingerprint density at radius 1 is 1.00 bits per heavy atom. The lowest BCUT2D eigenvalue weighted by Gasteiger charge is -1.97. The highest BCUT2D eigenvalue weighted by Gasteiger charge is 2.00. The molecule has 0 aromatic heterocycles. The lowest BCUT2D eigenvalue weighted by atomic mass is 10.1. The maximum atomic E-state index is 11.9. The first-order valence-electron chi connectivity index (χ1n) is 5.49. The smallest absolute Gasteiger partial charge is 0.185 e. The fourth-order valence-electron chi connectivity index (χ4n) is 1.49. The number of carbonyl (C=O) groups is 1. The number of carbonyl (C=O) groups excluding carboxylic acids is 1. The van der Waals surface area contributed by atoms with E-state index in [4.69, 9.17) is 5.73 Å². The summed E-state index contributed by atoms with van der Waals surface area (Å²) in [7, 11) is 0. The number of nitrogens with two attached hydrogens (primary N) is 1. The fourth-order valence-corrected chi connectivity index (χ4v) is 1.75. The maximum absolute atomic E-state index is 11.9. The molecule has 3 heteroatoms. The number of hydrogen-bond acceptors (Lipinski definition) is 2. The van der Waals surface area contributed by atoms with Crippen LogP contribution in [0.5, 0.6) is 0 Å².